The van der Waals surface area contributed by atoms with Gasteiger partial charge in [0.2, 0.25) is 0 Å². The molecular weight excluding hydrogens is 433 g/mol. The number of hydrogen-bond donors (Lipinski definition) is 1. The number of ether oxygens (including phenoxy) is 1. The summed E-state index contributed by atoms with van der Waals surface area (Å²) in [5, 5.41) is 4.79. The van der Waals surface area contributed by atoms with Gasteiger partial charge >= 0.3 is 5.97 Å². The molecule has 0 saturated carbocycles. The standard InChI is InChI=1S/C23H28FN3O2S2/c1-15-6-7-18-19(12-15)31-21(20(18)22(28)29-2)25-23(30)27-10-8-26(9-11-27)14-16-4-3-5-17(24)13-16/h3-5,13,15H,6-12,14H2,1-2H3,(H,25,30). The lowest BCUT2D eigenvalue weighted by Gasteiger charge is -2.36. The van der Waals surface area contributed by atoms with E-state index in [2.05, 4.69) is 22.0 Å². The molecule has 31 heavy (non-hydrogen) atoms. The zero-order valence-corrected chi connectivity index (χ0v) is 19.6. The van der Waals surface area contributed by atoms with Gasteiger partial charge in [-0.2, -0.15) is 0 Å². The van der Waals surface area contributed by atoms with Crippen LogP contribution in [0.1, 0.15) is 39.7 Å². The first kappa shape index (κ1) is 22.2. The summed E-state index contributed by atoms with van der Waals surface area (Å²) < 4.78 is 18.5. The van der Waals surface area contributed by atoms with Gasteiger partial charge in [0.25, 0.3) is 0 Å². The van der Waals surface area contributed by atoms with Crippen LogP contribution in [0.2, 0.25) is 0 Å². The molecule has 2 aromatic rings. The average molecular weight is 462 g/mol. The molecule has 5 nitrogen and oxygen atoms in total. The van der Waals surface area contributed by atoms with Crippen LogP contribution >= 0.6 is 23.6 Å². The topological polar surface area (TPSA) is 44.8 Å². The Balaban J connectivity index is 1.39. The van der Waals surface area contributed by atoms with E-state index in [9.17, 15) is 9.18 Å². The summed E-state index contributed by atoms with van der Waals surface area (Å²) >= 11 is 7.32. The molecule has 2 heterocycles. The predicted molar refractivity (Wildman–Crippen MR) is 126 cm³/mol. The lowest BCUT2D eigenvalue weighted by molar-refractivity contribution is 0.0601. The Morgan fingerprint density at radius 1 is 1.32 bits per heavy atom. The molecule has 1 atom stereocenters. The molecule has 2 aliphatic rings. The Bertz CT molecular complexity index is 970. The zero-order valence-electron chi connectivity index (χ0n) is 17.9. The Morgan fingerprint density at radius 2 is 2.10 bits per heavy atom. The maximum atomic E-state index is 13.4. The van der Waals surface area contributed by atoms with Gasteiger partial charge < -0.3 is 15.0 Å². The van der Waals surface area contributed by atoms with Gasteiger partial charge in [-0.1, -0.05) is 19.1 Å². The monoisotopic (exact) mass is 461 g/mol. The molecule has 0 radical (unpaired) electrons. The summed E-state index contributed by atoms with van der Waals surface area (Å²) in [6.07, 6.45) is 2.99. The lowest BCUT2D eigenvalue weighted by Crippen LogP contribution is -2.49. The van der Waals surface area contributed by atoms with Crippen LogP contribution in [0.3, 0.4) is 0 Å². The number of thiocarbonyl (C=S) groups is 1. The number of thiophene rings is 1. The van der Waals surface area contributed by atoms with Crippen molar-refractivity contribution in [3.8, 4) is 0 Å². The highest BCUT2D eigenvalue weighted by atomic mass is 32.1. The summed E-state index contributed by atoms with van der Waals surface area (Å²) in [6.45, 7) is 6.25. The first-order valence-corrected chi connectivity index (χ1v) is 11.9. The fourth-order valence-corrected chi connectivity index (χ4v) is 6.08. The molecule has 0 spiro atoms. The maximum Gasteiger partial charge on any atom is 0.341 e. The summed E-state index contributed by atoms with van der Waals surface area (Å²) in [6, 6.07) is 6.76. The van der Waals surface area contributed by atoms with E-state index in [4.69, 9.17) is 17.0 Å². The molecule has 1 unspecified atom stereocenters. The molecule has 1 aliphatic carbocycles. The Hall–Kier alpha value is -2.03. The number of carbonyl (C=O) groups is 1. The number of carbonyl (C=O) groups excluding carboxylic acids is 1. The van der Waals surface area contributed by atoms with Crippen LogP contribution < -0.4 is 5.32 Å². The van der Waals surface area contributed by atoms with Crippen molar-refractivity contribution in [2.45, 2.75) is 32.7 Å². The van der Waals surface area contributed by atoms with Crippen molar-refractivity contribution in [1.29, 1.82) is 0 Å². The third kappa shape index (κ3) is 5.07. The van der Waals surface area contributed by atoms with E-state index in [1.54, 1.807) is 23.5 Å². The fraction of sp³-hybridized carbons (Fsp3) is 0.478. The van der Waals surface area contributed by atoms with E-state index in [1.165, 1.54) is 18.1 Å². The number of piperazine rings is 1. The second kappa shape index (κ2) is 9.63. The van der Waals surface area contributed by atoms with Gasteiger partial charge in [-0.15, -0.1) is 11.3 Å². The fourth-order valence-electron chi connectivity index (χ4n) is 4.34. The molecule has 1 aromatic heterocycles. The molecule has 4 rings (SSSR count). The zero-order chi connectivity index (χ0) is 22.0. The van der Waals surface area contributed by atoms with Crippen LogP contribution in [0.25, 0.3) is 0 Å². The minimum Gasteiger partial charge on any atom is -0.465 e. The van der Waals surface area contributed by atoms with Crippen LogP contribution in [0.4, 0.5) is 9.39 Å². The molecule has 1 N–H and O–H groups in total. The van der Waals surface area contributed by atoms with Gasteiger partial charge in [-0.05, 0) is 60.7 Å². The summed E-state index contributed by atoms with van der Waals surface area (Å²) in [4.78, 5) is 18.2. The van der Waals surface area contributed by atoms with E-state index < -0.39 is 0 Å². The van der Waals surface area contributed by atoms with Crippen molar-refractivity contribution < 1.29 is 13.9 Å². The van der Waals surface area contributed by atoms with Crippen molar-refractivity contribution >= 4 is 39.6 Å². The van der Waals surface area contributed by atoms with Gasteiger partial charge in [-0.25, -0.2) is 9.18 Å². The van der Waals surface area contributed by atoms with Gasteiger partial charge in [0.05, 0.1) is 12.7 Å². The minimum absolute atomic E-state index is 0.198. The molecule has 8 heteroatoms. The van der Waals surface area contributed by atoms with Gasteiger partial charge in [0.1, 0.15) is 10.8 Å². The third-order valence-corrected chi connectivity index (χ3v) is 7.61. The Labute approximate surface area is 192 Å². The number of anilines is 1. The molecular formula is C23H28FN3O2S2. The number of nitrogens with one attached hydrogen (secondary N) is 1. The first-order chi connectivity index (χ1) is 14.9. The van der Waals surface area contributed by atoms with E-state index in [1.807, 2.05) is 6.07 Å². The number of benzene rings is 1. The number of esters is 1. The molecule has 1 saturated heterocycles. The lowest BCUT2D eigenvalue weighted by atomic mass is 9.88. The minimum atomic E-state index is -0.294. The van der Waals surface area contributed by atoms with Crippen LogP contribution in [0, 0.1) is 11.7 Å². The molecule has 1 aliphatic heterocycles. The number of nitrogens with zero attached hydrogens (tertiary/aromatic N) is 2. The summed E-state index contributed by atoms with van der Waals surface area (Å²) in [5.41, 5.74) is 2.76. The number of hydrogen-bond acceptors (Lipinski definition) is 5. The normalized spacial score (nSPS) is 19.1. The van der Waals surface area contributed by atoms with Crippen LogP contribution in [-0.2, 0) is 24.1 Å². The van der Waals surface area contributed by atoms with Gasteiger partial charge in [0.15, 0.2) is 5.11 Å². The van der Waals surface area contributed by atoms with E-state index >= 15 is 0 Å². The second-order valence-electron chi connectivity index (χ2n) is 8.37. The van der Waals surface area contributed by atoms with Crippen LogP contribution in [0.5, 0.6) is 0 Å². The summed E-state index contributed by atoms with van der Waals surface area (Å²) in [5.74, 6) is 0.135. The highest BCUT2D eigenvalue weighted by molar-refractivity contribution is 7.80. The first-order valence-electron chi connectivity index (χ1n) is 10.7. The molecule has 0 amide bonds. The van der Waals surface area contributed by atoms with Gasteiger partial charge in [-0.3, -0.25) is 4.90 Å². The molecule has 166 valence electrons. The molecule has 0 bridgehead atoms. The van der Waals surface area contributed by atoms with Crippen molar-refractivity contribution in [3.63, 3.8) is 0 Å². The summed E-state index contributed by atoms with van der Waals surface area (Å²) in [7, 11) is 1.43. The largest absolute Gasteiger partial charge is 0.465 e. The Kier molecular flexibility index (Phi) is 6.89. The second-order valence-corrected chi connectivity index (χ2v) is 9.86. The van der Waals surface area contributed by atoms with E-state index in [-0.39, 0.29) is 11.8 Å². The highest BCUT2D eigenvalue weighted by Crippen LogP contribution is 2.40. The predicted octanol–water partition coefficient (Wildman–Crippen LogP) is 4.31. The Morgan fingerprint density at radius 3 is 2.81 bits per heavy atom. The van der Waals surface area contributed by atoms with E-state index in [0.717, 1.165) is 68.1 Å². The number of methoxy groups -OCH3 is 1. The van der Waals surface area contributed by atoms with Crippen molar-refractivity contribution in [2.24, 2.45) is 5.92 Å². The molecule has 1 aromatic carbocycles. The average Bonchev–Trinajstić information content (AvgIpc) is 3.10. The third-order valence-electron chi connectivity index (χ3n) is 6.08. The number of halogens is 1. The van der Waals surface area contributed by atoms with Crippen molar-refractivity contribution in [1.82, 2.24) is 9.80 Å². The van der Waals surface area contributed by atoms with Gasteiger partial charge in [0, 0.05) is 37.6 Å². The smallest absolute Gasteiger partial charge is 0.341 e. The number of fused-ring (bicyclic) bond motifs is 1. The van der Waals surface area contributed by atoms with Crippen LogP contribution in [0.15, 0.2) is 24.3 Å². The quantitative estimate of drug-likeness (QED) is 0.541. The highest BCUT2D eigenvalue weighted by Gasteiger charge is 2.29. The maximum absolute atomic E-state index is 13.4. The molecule has 1 fully saturated rings. The van der Waals surface area contributed by atoms with Crippen molar-refractivity contribution in [3.05, 3.63) is 51.7 Å². The van der Waals surface area contributed by atoms with E-state index in [0.29, 0.717) is 16.6 Å². The number of rotatable bonds is 4. The van der Waals surface area contributed by atoms with Crippen molar-refractivity contribution in [2.75, 3.05) is 38.6 Å². The van der Waals surface area contributed by atoms with Crippen LogP contribution in [-0.4, -0.2) is 54.2 Å². The SMILES string of the molecule is COC(=O)c1c(NC(=S)N2CCN(Cc3cccc(F)c3)CC2)sc2c1CCC(C)C2.